The van der Waals surface area contributed by atoms with E-state index in [1.165, 1.54) is 0 Å². The molecule has 1 rings (SSSR count). The number of sulfone groups is 1. The number of alkyl halides is 9. The quantitative estimate of drug-likeness (QED) is 0.365. The van der Waals surface area contributed by atoms with Gasteiger partial charge in [-0.3, -0.25) is 4.79 Å². The summed E-state index contributed by atoms with van der Waals surface area (Å²) in [4.78, 5) is 10.8. The van der Waals surface area contributed by atoms with Gasteiger partial charge < -0.3 is 4.57 Å². The molecule has 0 spiro atoms. The van der Waals surface area contributed by atoms with Gasteiger partial charge >= 0.3 is 23.9 Å². The first-order valence-electron chi connectivity index (χ1n) is 6.83. The lowest BCUT2D eigenvalue weighted by Gasteiger charge is -2.32. The molecule has 0 saturated carbocycles. The Bertz CT molecular complexity index is 903. The smallest absolute Gasteiger partial charge is 0.306 e. The van der Waals surface area contributed by atoms with E-state index in [1.807, 2.05) is 0 Å². The van der Waals surface area contributed by atoms with Gasteiger partial charge in [0.1, 0.15) is 4.91 Å². The van der Waals surface area contributed by atoms with Crippen LogP contribution in [0.4, 0.5) is 39.5 Å². The predicted molar refractivity (Wildman–Crippen MR) is 73.8 cm³/mol. The molecule has 6 nitrogen and oxygen atoms in total. The molecule has 0 amide bonds. The van der Waals surface area contributed by atoms with E-state index in [9.17, 15) is 52.7 Å². The highest BCUT2D eigenvalue weighted by Crippen LogP contribution is 2.56. The second kappa shape index (κ2) is 6.73. The van der Waals surface area contributed by atoms with Crippen molar-refractivity contribution in [3.63, 3.8) is 0 Å². The number of nitrogens with zero attached hydrogens (tertiary/aromatic N) is 3. The predicted octanol–water partition coefficient (Wildman–Crippen LogP) is 2.87. The van der Waals surface area contributed by atoms with Crippen molar-refractivity contribution in [2.24, 2.45) is 7.05 Å². The zero-order chi connectivity index (χ0) is 22.5. The highest BCUT2D eigenvalue weighted by molar-refractivity contribution is 7.96. The SMILES string of the molecule is C=C(C(=O)c1nnc(C(F)(F)C(F)(F)C(F)(F)C(F)(F)F)n1C)S(=O)(=O)CC. The van der Waals surface area contributed by atoms with Crippen LogP contribution < -0.4 is 0 Å². The summed E-state index contributed by atoms with van der Waals surface area (Å²) >= 11 is 0. The van der Waals surface area contributed by atoms with E-state index in [1.54, 1.807) is 0 Å². The van der Waals surface area contributed by atoms with Crippen molar-refractivity contribution in [3.05, 3.63) is 23.1 Å². The number of aromatic nitrogens is 3. The summed E-state index contributed by atoms with van der Waals surface area (Å²) in [6, 6.07) is 0. The summed E-state index contributed by atoms with van der Waals surface area (Å²) in [5, 5.41) is 5.09. The maximum absolute atomic E-state index is 13.9. The number of Topliss-reactive ketones (excluding diaryl/α,β-unsaturated/α-hetero) is 1. The third-order valence-electron chi connectivity index (χ3n) is 3.51. The minimum absolute atomic E-state index is 0.320. The van der Waals surface area contributed by atoms with Crippen LogP contribution >= 0.6 is 0 Å². The molecule has 0 aliphatic heterocycles. The maximum atomic E-state index is 13.9. The summed E-state index contributed by atoms with van der Waals surface area (Å²) in [6.07, 6.45) is -7.04. The highest BCUT2D eigenvalue weighted by Gasteiger charge is 2.83. The molecule has 0 aliphatic carbocycles. The Kier molecular flexibility index (Phi) is 5.75. The Balaban J connectivity index is 3.52. The average molecular weight is 447 g/mol. The van der Waals surface area contributed by atoms with Gasteiger partial charge in [-0.1, -0.05) is 13.5 Å². The number of halogens is 9. The van der Waals surface area contributed by atoms with Gasteiger partial charge in [0.2, 0.25) is 17.4 Å². The first-order valence-corrected chi connectivity index (χ1v) is 8.49. The van der Waals surface area contributed by atoms with Crippen LogP contribution in [0.1, 0.15) is 23.4 Å². The summed E-state index contributed by atoms with van der Waals surface area (Å²) in [5.41, 5.74) is 0. The zero-order valence-corrected chi connectivity index (χ0v) is 14.6. The van der Waals surface area contributed by atoms with Crippen LogP contribution in [0.3, 0.4) is 0 Å². The third-order valence-corrected chi connectivity index (χ3v) is 5.21. The van der Waals surface area contributed by atoms with Crippen molar-refractivity contribution < 1.29 is 52.7 Å². The lowest BCUT2D eigenvalue weighted by atomic mass is 10.0. The van der Waals surface area contributed by atoms with Crippen LogP contribution in [0.25, 0.3) is 0 Å². The van der Waals surface area contributed by atoms with Crippen LogP contribution in [0.5, 0.6) is 0 Å². The first-order chi connectivity index (χ1) is 12.3. The van der Waals surface area contributed by atoms with Crippen molar-refractivity contribution in [1.82, 2.24) is 14.8 Å². The number of hydrogen-bond donors (Lipinski definition) is 0. The van der Waals surface area contributed by atoms with Crippen molar-refractivity contribution in [1.29, 1.82) is 0 Å². The molecular formula is C12H10F9N3O3S. The van der Waals surface area contributed by atoms with Crippen LogP contribution in [-0.4, -0.2) is 52.7 Å². The number of ketones is 1. The van der Waals surface area contributed by atoms with Crippen molar-refractivity contribution in [3.8, 4) is 0 Å². The van der Waals surface area contributed by atoms with E-state index in [2.05, 4.69) is 16.8 Å². The van der Waals surface area contributed by atoms with E-state index in [-0.39, 0.29) is 4.57 Å². The van der Waals surface area contributed by atoms with Gasteiger partial charge in [-0.15, -0.1) is 10.2 Å². The van der Waals surface area contributed by atoms with E-state index in [0.29, 0.717) is 7.05 Å². The molecule has 16 heteroatoms. The fourth-order valence-electron chi connectivity index (χ4n) is 1.76. The molecule has 0 aliphatic rings. The van der Waals surface area contributed by atoms with Crippen LogP contribution in [0.2, 0.25) is 0 Å². The van der Waals surface area contributed by atoms with Gasteiger partial charge in [-0.05, 0) is 0 Å². The second-order valence-electron chi connectivity index (χ2n) is 5.28. The van der Waals surface area contributed by atoms with Crippen LogP contribution in [0, 0.1) is 0 Å². The van der Waals surface area contributed by atoms with Crippen molar-refractivity contribution in [2.75, 3.05) is 5.75 Å². The minimum atomic E-state index is -7.17. The molecule has 0 N–H and O–H groups in total. The van der Waals surface area contributed by atoms with Gasteiger partial charge in [-0.2, -0.15) is 39.5 Å². The molecule has 1 heterocycles. The Morgan fingerprint density at radius 3 is 1.86 bits per heavy atom. The van der Waals surface area contributed by atoms with E-state index in [0.717, 1.165) is 6.92 Å². The molecular weight excluding hydrogens is 437 g/mol. The minimum Gasteiger partial charge on any atom is -0.306 e. The Morgan fingerprint density at radius 2 is 1.46 bits per heavy atom. The van der Waals surface area contributed by atoms with Gasteiger partial charge in [-0.25, -0.2) is 8.42 Å². The number of carbonyl (C=O) groups is 1. The maximum Gasteiger partial charge on any atom is 0.460 e. The second-order valence-corrected chi connectivity index (χ2v) is 7.58. The standard InChI is InChI=1S/C12H10F9N3O3S/c1-4-28(26,27)5(2)6(25)7-22-23-8(24(7)3)9(13,14)10(15,16)11(17,18)12(19,20)21/h2,4H2,1,3H3. The van der Waals surface area contributed by atoms with Gasteiger partial charge in [0.05, 0.1) is 5.75 Å². The highest BCUT2D eigenvalue weighted by atomic mass is 32.2. The monoisotopic (exact) mass is 447 g/mol. The average Bonchev–Trinajstić information content (AvgIpc) is 2.94. The van der Waals surface area contributed by atoms with Crippen LogP contribution in [-0.2, 0) is 22.8 Å². The molecule has 0 atom stereocenters. The molecule has 0 bridgehead atoms. The zero-order valence-electron chi connectivity index (χ0n) is 13.8. The molecule has 160 valence electrons. The Hall–Kier alpha value is -2.13. The third kappa shape index (κ3) is 3.37. The fraction of sp³-hybridized carbons (Fsp3) is 0.583. The number of carbonyl (C=O) groups excluding carboxylic acids is 1. The molecule has 1 aromatic rings. The fourth-order valence-corrected chi connectivity index (χ4v) is 2.48. The van der Waals surface area contributed by atoms with E-state index in [4.69, 9.17) is 0 Å². The summed E-state index contributed by atoms with van der Waals surface area (Å²) in [7, 11) is -3.92. The van der Waals surface area contributed by atoms with E-state index < -0.39 is 61.9 Å². The molecule has 28 heavy (non-hydrogen) atoms. The normalized spacial score (nSPS) is 14.2. The summed E-state index contributed by atoms with van der Waals surface area (Å²) in [5.74, 6) is -26.6. The molecule has 0 fully saturated rings. The Morgan fingerprint density at radius 1 is 1.00 bits per heavy atom. The summed E-state index contributed by atoms with van der Waals surface area (Å²) in [6.45, 7) is 3.96. The number of hydrogen-bond acceptors (Lipinski definition) is 5. The molecule has 0 aromatic carbocycles. The van der Waals surface area contributed by atoms with Gasteiger partial charge in [0.15, 0.2) is 9.84 Å². The number of allylic oxidation sites excluding steroid dienone is 1. The molecule has 0 radical (unpaired) electrons. The Labute approximate surface area is 150 Å². The van der Waals surface area contributed by atoms with Crippen molar-refractivity contribution in [2.45, 2.75) is 30.9 Å². The topological polar surface area (TPSA) is 81.9 Å². The molecule has 0 unspecified atom stereocenters. The lowest BCUT2D eigenvalue weighted by Crippen LogP contribution is -2.60. The van der Waals surface area contributed by atoms with Gasteiger partial charge in [0.25, 0.3) is 0 Å². The lowest BCUT2D eigenvalue weighted by molar-refractivity contribution is -0.401. The first kappa shape index (κ1) is 23.9. The van der Waals surface area contributed by atoms with Crippen LogP contribution in [0.15, 0.2) is 11.5 Å². The van der Waals surface area contributed by atoms with Gasteiger partial charge in [0, 0.05) is 7.05 Å². The number of rotatable bonds is 7. The van der Waals surface area contributed by atoms with E-state index >= 15 is 0 Å². The largest absolute Gasteiger partial charge is 0.460 e. The van der Waals surface area contributed by atoms with Crippen molar-refractivity contribution >= 4 is 15.6 Å². The summed E-state index contributed by atoms with van der Waals surface area (Å²) < 4.78 is 140. The molecule has 0 saturated heterocycles. The molecule has 1 aromatic heterocycles.